The quantitative estimate of drug-likeness (QED) is 0.680. The first kappa shape index (κ1) is 7.94. The van der Waals surface area contributed by atoms with Crippen molar-refractivity contribution in [3.8, 4) is 0 Å². The van der Waals surface area contributed by atoms with Gasteiger partial charge in [-0.25, -0.2) is 4.98 Å². The van der Waals surface area contributed by atoms with E-state index in [0.29, 0.717) is 5.54 Å². The second-order valence-corrected chi connectivity index (χ2v) is 5.33. The Kier molecular flexibility index (Phi) is 1.56. The van der Waals surface area contributed by atoms with Crippen molar-refractivity contribution in [1.29, 1.82) is 0 Å². The molecule has 2 aliphatic rings. The molecular formula is C10H14N2S. The molecule has 13 heavy (non-hydrogen) atoms. The van der Waals surface area contributed by atoms with E-state index in [0.717, 1.165) is 13.0 Å². The second kappa shape index (κ2) is 2.55. The lowest BCUT2D eigenvalue weighted by atomic mass is 10.1. The van der Waals surface area contributed by atoms with Crippen LogP contribution in [-0.2, 0) is 13.0 Å². The van der Waals surface area contributed by atoms with E-state index in [1.54, 1.807) is 0 Å². The molecule has 0 atom stereocenters. The van der Waals surface area contributed by atoms with Gasteiger partial charge in [-0.05, 0) is 19.8 Å². The third-order valence-corrected chi connectivity index (χ3v) is 4.28. The van der Waals surface area contributed by atoms with Crippen LogP contribution in [0.15, 0.2) is 5.51 Å². The van der Waals surface area contributed by atoms with Crippen LogP contribution in [0.25, 0.3) is 0 Å². The second-order valence-electron chi connectivity index (χ2n) is 4.39. The Morgan fingerprint density at radius 3 is 3.15 bits per heavy atom. The van der Waals surface area contributed by atoms with E-state index in [1.165, 1.54) is 30.0 Å². The molecule has 0 unspecified atom stereocenters. The predicted octanol–water partition coefficient (Wildman–Crippen LogP) is 2.05. The van der Waals surface area contributed by atoms with Crippen LogP contribution in [0.3, 0.4) is 0 Å². The van der Waals surface area contributed by atoms with E-state index in [4.69, 9.17) is 0 Å². The summed E-state index contributed by atoms with van der Waals surface area (Å²) >= 11 is 1.82. The van der Waals surface area contributed by atoms with Crippen molar-refractivity contribution in [2.75, 3.05) is 6.54 Å². The number of hydrogen-bond acceptors (Lipinski definition) is 3. The van der Waals surface area contributed by atoms with Crippen molar-refractivity contribution in [2.45, 2.75) is 38.3 Å². The molecule has 0 spiro atoms. The van der Waals surface area contributed by atoms with Crippen molar-refractivity contribution in [3.05, 3.63) is 16.1 Å². The van der Waals surface area contributed by atoms with Gasteiger partial charge < -0.3 is 0 Å². The minimum absolute atomic E-state index is 0.543. The minimum atomic E-state index is 0.543. The van der Waals surface area contributed by atoms with Gasteiger partial charge >= 0.3 is 0 Å². The van der Waals surface area contributed by atoms with Crippen LogP contribution in [0.5, 0.6) is 0 Å². The summed E-state index contributed by atoms with van der Waals surface area (Å²) in [6.07, 6.45) is 3.94. The van der Waals surface area contributed by atoms with Crippen LogP contribution in [0.4, 0.5) is 0 Å². The fourth-order valence-electron chi connectivity index (χ4n) is 2.08. The number of aromatic nitrogens is 1. The van der Waals surface area contributed by atoms with Gasteiger partial charge in [-0.15, -0.1) is 11.3 Å². The number of fused-ring (bicyclic) bond motifs is 1. The first-order chi connectivity index (χ1) is 6.28. The third kappa shape index (κ3) is 1.22. The lowest BCUT2D eigenvalue weighted by Gasteiger charge is -2.31. The Balaban J connectivity index is 1.84. The molecule has 2 heterocycles. The van der Waals surface area contributed by atoms with Crippen LogP contribution in [0, 0.1) is 0 Å². The third-order valence-electron chi connectivity index (χ3n) is 3.42. The van der Waals surface area contributed by atoms with Gasteiger partial charge in [-0.2, -0.15) is 0 Å². The number of rotatable bonds is 1. The summed E-state index contributed by atoms with van der Waals surface area (Å²) in [5.41, 5.74) is 3.89. The largest absolute Gasteiger partial charge is 0.292 e. The van der Waals surface area contributed by atoms with Crippen LogP contribution < -0.4 is 0 Å². The summed E-state index contributed by atoms with van der Waals surface area (Å²) in [5.74, 6) is 0. The molecule has 1 fully saturated rings. The zero-order valence-corrected chi connectivity index (χ0v) is 8.73. The highest BCUT2D eigenvalue weighted by Gasteiger charge is 2.44. The summed E-state index contributed by atoms with van der Waals surface area (Å²) in [7, 11) is 0. The molecule has 1 saturated carbocycles. The summed E-state index contributed by atoms with van der Waals surface area (Å²) in [4.78, 5) is 8.52. The molecule has 1 aromatic rings. The van der Waals surface area contributed by atoms with Crippen LogP contribution in [0.1, 0.15) is 30.3 Å². The van der Waals surface area contributed by atoms with Gasteiger partial charge in [0.05, 0.1) is 11.2 Å². The predicted molar refractivity (Wildman–Crippen MR) is 53.9 cm³/mol. The van der Waals surface area contributed by atoms with Crippen LogP contribution in [0.2, 0.25) is 0 Å². The van der Waals surface area contributed by atoms with E-state index in [2.05, 4.69) is 16.8 Å². The maximum absolute atomic E-state index is 4.39. The first-order valence-corrected chi connectivity index (χ1v) is 5.82. The van der Waals surface area contributed by atoms with Gasteiger partial charge in [-0.1, -0.05) is 0 Å². The molecule has 0 saturated heterocycles. The highest BCUT2D eigenvalue weighted by molar-refractivity contribution is 7.09. The Morgan fingerprint density at radius 2 is 2.38 bits per heavy atom. The Morgan fingerprint density at radius 1 is 1.54 bits per heavy atom. The standard InChI is InChI=1S/C10H14N2S/c1-10(3-4-10)12-5-2-8-9(6-12)13-7-11-8/h7H,2-6H2,1H3. The highest BCUT2D eigenvalue weighted by atomic mass is 32.1. The molecule has 0 aromatic carbocycles. The molecule has 3 heteroatoms. The Bertz CT molecular complexity index is 327. The molecule has 1 aliphatic heterocycles. The molecule has 0 radical (unpaired) electrons. The van der Waals surface area contributed by atoms with E-state index < -0.39 is 0 Å². The summed E-state index contributed by atoms with van der Waals surface area (Å²) in [6.45, 7) is 4.75. The lowest BCUT2D eigenvalue weighted by molar-refractivity contribution is 0.174. The summed E-state index contributed by atoms with van der Waals surface area (Å²) in [5, 5.41) is 0. The zero-order chi connectivity index (χ0) is 8.89. The van der Waals surface area contributed by atoms with E-state index in [9.17, 15) is 0 Å². The number of thiazole rings is 1. The average molecular weight is 194 g/mol. The van der Waals surface area contributed by atoms with Gasteiger partial charge in [-0.3, -0.25) is 4.90 Å². The van der Waals surface area contributed by atoms with Crippen LogP contribution >= 0.6 is 11.3 Å². The molecule has 1 aromatic heterocycles. The molecule has 0 N–H and O–H groups in total. The van der Waals surface area contributed by atoms with Gasteiger partial charge in [0.25, 0.3) is 0 Å². The maximum atomic E-state index is 4.39. The van der Waals surface area contributed by atoms with Gasteiger partial charge in [0.15, 0.2) is 0 Å². The average Bonchev–Trinajstić information content (AvgIpc) is 2.74. The zero-order valence-electron chi connectivity index (χ0n) is 7.92. The van der Waals surface area contributed by atoms with Gasteiger partial charge in [0, 0.05) is 29.9 Å². The molecule has 3 rings (SSSR count). The van der Waals surface area contributed by atoms with Crippen molar-refractivity contribution < 1.29 is 0 Å². The fourth-order valence-corrected chi connectivity index (χ4v) is 2.91. The van der Waals surface area contributed by atoms with E-state index in [-0.39, 0.29) is 0 Å². The van der Waals surface area contributed by atoms with E-state index >= 15 is 0 Å². The van der Waals surface area contributed by atoms with Crippen LogP contribution in [-0.4, -0.2) is 22.0 Å². The first-order valence-electron chi connectivity index (χ1n) is 4.94. The molecule has 2 nitrogen and oxygen atoms in total. The van der Waals surface area contributed by atoms with E-state index in [1.807, 2.05) is 16.8 Å². The van der Waals surface area contributed by atoms with Gasteiger partial charge in [0.2, 0.25) is 0 Å². The molecule has 70 valence electrons. The number of hydrogen-bond donors (Lipinski definition) is 0. The molecule has 0 amide bonds. The Hall–Kier alpha value is -0.410. The molecule has 1 aliphatic carbocycles. The summed E-state index contributed by atoms with van der Waals surface area (Å²) < 4.78 is 0. The van der Waals surface area contributed by atoms with Crippen molar-refractivity contribution in [1.82, 2.24) is 9.88 Å². The SMILES string of the molecule is CC1(N2CCc3ncsc3C2)CC1. The fraction of sp³-hybridized carbons (Fsp3) is 0.700. The molecular weight excluding hydrogens is 180 g/mol. The van der Waals surface area contributed by atoms with Crippen molar-refractivity contribution in [2.24, 2.45) is 0 Å². The summed E-state index contributed by atoms with van der Waals surface area (Å²) in [6, 6.07) is 0. The van der Waals surface area contributed by atoms with Gasteiger partial charge in [0.1, 0.15) is 0 Å². The number of nitrogens with zero attached hydrogens (tertiary/aromatic N) is 2. The molecule has 0 bridgehead atoms. The van der Waals surface area contributed by atoms with Crippen molar-refractivity contribution >= 4 is 11.3 Å². The van der Waals surface area contributed by atoms with Crippen molar-refractivity contribution in [3.63, 3.8) is 0 Å². The Labute approximate surface area is 82.6 Å². The smallest absolute Gasteiger partial charge is 0.0798 e. The maximum Gasteiger partial charge on any atom is 0.0798 e. The monoisotopic (exact) mass is 194 g/mol. The topological polar surface area (TPSA) is 16.1 Å². The highest BCUT2D eigenvalue weighted by Crippen LogP contribution is 2.43. The lowest BCUT2D eigenvalue weighted by Crippen LogP contribution is -2.38. The normalized spacial score (nSPS) is 25.6. The minimum Gasteiger partial charge on any atom is -0.292 e.